The third-order valence-corrected chi connectivity index (χ3v) is 4.22. The van der Waals surface area contributed by atoms with Gasteiger partial charge >= 0.3 is 5.69 Å². The zero-order chi connectivity index (χ0) is 20.8. The molecule has 0 aliphatic rings. The molecule has 0 spiro atoms. The third-order valence-electron chi connectivity index (χ3n) is 4.22. The highest BCUT2D eigenvalue weighted by molar-refractivity contribution is 5.92. The number of carbonyl (C=O) groups excluding carboxylic acids is 1. The highest BCUT2D eigenvalue weighted by atomic mass is 16.6. The number of carbonyl (C=O) groups is 1. The Balaban J connectivity index is 1.47. The molecule has 1 aromatic carbocycles. The lowest BCUT2D eigenvalue weighted by Crippen LogP contribution is -2.26. The van der Waals surface area contributed by atoms with Crippen LogP contribution in [0.15, 0.2) is 42.6 Å². The molecule has 152 valence electrons. The average Bonchev–Trinajstić information content (AvgIpc) is 3.29. The fourth-order valence-corrected chi connectivity index (χ4v) is 2.84. The molecule has 0 aliphatic carbocycles. The van der Waals surface area contributed by atoms with Gasteiger partial charge in [0.05, 0.1) is 10.6 Å². The summed E-state index contributed by atoms with van der Waals surface area (Å²) in [5, 5.41) is 22.4. The Morgan fingerprint density at radius 2 is 2.03 bits per heavy atom. The van der Waals surface area contributed by atoms with Crippen molar-refractivity contribution in [1.29, 1.82) is 0 Å². The minimum absolute atomic E-state index is 0.0456. The Bertz CT molecular complexity index is 1010. The van der Waals surface area contributed by atoms with E-state index in [1.807, 2.05) is 24.6 Å². The number of nitrogens with one attached hydrogen (secondary N) is 1. The Labute approximate surface area is 167 Å². The Morgan fingerprint density at radius 3 is 2.76 bits per heavy atom. The highest BCUT2D eigenvalue weighted by Gasteiger charge is 2.14. The van der Waals surface area contributed by atoms with Crippen molar-refractivity contribution in [2.45, 2.75) is 33.5 Å². The Morgan fingerprint density at radius 1 is 1.24 bits per heavy atom. The molecule has 0 aliphatic heterocycles. The second kappa shape index (κ2) is 9.00. The summed E-state index contributed by atoms with van der Waals surface area (Å²) >= 11 is 0. The molecule has 0 atom stereocenters. The maximum atomic E-state index is 12.2. The number of nitrogens with zero attached hydrogens (tertiary/aromatic N) is 5. The van der Waals surface area contributed by atoms with E-state index < -0.39 is 4.92 Å². The van der Waals surface area contributed by atoms with Crippen LogP contribution in [0.2, 0.25) is 0 Å². The lowest BCUT2D eigenvalue weighted by molar-refractivity contribution is -0.386. The quantitative estimate of drug-likeness (QED) is 0.336. The summed E-state index contributed by atoms with van der Waals surface area (Å²) in [6.07, 6.45) is 2.33. The van der Waals surface area contributed by atoms with Crippen LogP contribution in [0.1, 0.15) is 28.3 Å². The minimum Gasteiger partial charge on any atom is -0.464 e. The summed E-state index contributed by atoms with van der Waals surface area (Å²) in [5.41, 5.74) is 2.19. The molecule has 0 bridgehead atoms. The zero-order valence-corrected chi connectivity index (χ0v) is 16.2. The minimum atomic E-state index is -0.511. The highest BCUT2D eigenvalue weighted by Crippen LogP contribution is 2.25. The molecule has 2 heterocycles. The maximum absolute atomic E-state index is 12.2. The van der Waals surface area contributed by atoms with Crippen LogP contribution < -0.4 is 10.1 Å². The first-order valence-electron chi connectivity index (χ1n) is 9.13. The molecule has 2 aromatic heterocycles. The van der Waals surface area contributed by atoms with Crippen molar-refractivity contribution < 1.29 is 14.5 Å². The van der Waals surface area contributed by atoms with E-state index in [1.165, 1.54) is 16.8 Å². The molecule has 0 fully saturated rings. The predicted molar refractivity (Wildman–Crippen MR) is 105 cm³/mol. The van der Waals surface area contributed by atoms with Crippen molar-refractivity contribution in [3.8, 4) is 5.75 Å². The van der Waals surface area contributed by atoms with Gasteiger partial charge in [-0.15, -0.1) is 0 Å². The van der Waals surface area contributed by atoms with E-state index in [9.17, 15) is 14.9 Å². The van der Waals surface area contributed by atoms with Crippen molar-refractivity contribution in [3.63, 3.8) is 0 Å². The lowest BCUT2D eigenvalue weighted by Gasteiger charge is -2.07. The van der Waals surface area contributed by atoms with Gasteiger partial charge in [-0.1, -0.05) is 12.1 Å². The fraction of sp³-hybridized carbons (Fsp3) is 0.316. The van der Waals surface area contributed by atoms with Gasteiger partial charge in [0.2, 0.25) is 0 Å². The molecule has 3 rings (SSSR count). The second-order valence-corrected chi connectivity index (χ2v) is 6.50. The average molecular weight is 398 g/mol. The van der Waals surface area contributed by atoms with E-state index in [0.29, 0.717) is 6.54 Å². The second-order valence-electron chi connectivity index (χ2n) is 6.50. The van der Waals surface area contributed by atoms with Gasteiger partial charge in [-0.05, 0) is 38.5 Å². The number of aryl methyl sites for hydroxylation is 3. The normalized spacial score (nSPS) is 10.7. The predicted octanol–water partition coefficient (Wildman–Crippen LogP) is 2.46. The number of benzene rings is 1. The van der Waals surface area contributed by atoms with Crippen LogP contribution in [-0.2, 0) is 13.3 Å². The maximum Gasteiger partial charge on any atom is 0.311 e. The number of aromatic nitrogens is 4. The first-order chi connectivity index (χ1) is 13.9. The van der Waals surface area contributed by atoms with Gasteiger partial charge in [0.1, 0.15) is 5.69 Å². The molecule has 1 N–H and O–H groups in total. The van der Waals surface area contributed by atoms with Crippen LogP contribution in [-0.4, -0.2) is 36.9 Å². The topological polar surface area (TPSA) is 117 Å². The van der Waals surface area contributed by atoms with Crippen molar-refractivity contribution in [2.24, 2.45) is 0 Å². The molecule has 1 amide bonds. The van der Waals surface area contributed by atoms with Gasteiger partial charge in [-0.25, -0.2) is 4.68 Å². The summed E-state index contributed by atoms with van der Waals surface area (Å²) in [6.45, 7) is 5.11. The van der Waals surface area contributed by atoms with Crippen LogP contribution in [0.4, 0.5) is 5.69 Å². The molecular weight excluding hydrogens is 376 g/mol. The van der Waals surface area contributed by atoms with Gasteiger partial charge in [-0.2, -0.15) is 10.2 Å². The summed E-state index contributed by atoms with van der Waals surface area (Å²) in [5.74, 6) is -0.147. The number of ether oxygens (including phenoxy) is 1. The molecular formula is C19H22N6O4. The summed E-state index contributed by atoms with van der Waals surface area (Å²) in [7, 11) is 0. The van der Waals surface area contributed by atoms with Gasteiger partial charge in [0, 0.05) is 31.0 Å². The SMILES string of the molecule is Cc1cc(C)n(CCCNC(=O)c2ccn(COc3ccccc3[N+](=O)[O-])n2)n1. The number of nitro groups is 1. The van der Waals surface area contributed by atoms with Crippen molar-refractivity contribution in [3.05, 3.63) is 69.8 Å². The van der Waals surface area contributed by atoms with Crippen LogP contribution in [0.5, 0.6) is 5.75 Å². The third kappa shape index (κ3) is 5.18. The van der Waals surface area contributed by atoms with Gasteiger partial charge in [-0.3, -0.25) is 19.6 Å². The molecule has 0 saturated heterocycles. The van der Waals surface area contributed by atoms with Gasteiger partial charge < -0.3 is 10.1 Å². The number of hydrogen-bond acceptors (Lipinski definition) is 6. The molecule has 0 radical (unpaired) electrons. The van der Waals surface area contributed by atoms with Gasteiger partial charge in [0.15, 0.2) is 12.5 Å². The smallest absolute Gasteiger partial charge is 0.311 e. The monoisotopic (exact) mass is 398 g/mol. The molecule has 10 nitrogen and oxygen atoms in total. The van der Waals surface area contributed by atoms with Crippen LogP contribution >= 0.6 is 0 Å². The molecule has 3 aromatic rings. The Kier molecular flexibility index (Phi) is 6.22. The van der Waals surface area contributed by atoms with Crippen LogP contribution in [0.25, 0.3) is 0 Å². The zero-order valence-electron chi connectivity index (χ0n) is 16.2. The molecule has 10 heteroatoms. The summed E-state index contributed by atoms with van der Waals surface area (Å²) < 4.78 is 8.77. The largest absolute Gasteiger partial charge is 0.464 e. The first-order valence-corrected chi connectivity index (χ1v) is 9.13. The number of amides is 1. The number of hydrogen-bond donors (Lipinski definition) is 1. The number of nitro benzene ring substituents is 1. The first kappa shape index (κ1) is 20.1. The van der Waals surface area contributed by atoms with Crippen LogP contribution in [0, 0.1) is 24.0 Å². The summed E-state index contributed by atoms with van der Waals surface area (Å²) in [4.78, 5) is 22.7. The van der Waals surface area contributed by atoms with E-state index in [1.54, 1.807) is 24.4 Å². The molecule has 29 heavy (non-hydrogen) atoms. The number of para-hydroxylation sites is 2. The Hall–Kier alpha value is -3.69. The van der Waals surface area contributed by atoms with E-state index in [-0.39, 0.29) is 29.8 Å². The van der Waals surface area contributed by atoms with E-state index in [0.717, 1.165) is 24.4 Å². The molecule has 0 saturated carbocycles. The fourth-order valence-electron chi connectivity index (χ4n) is 2.84. The van der Waals surface area contributed by atoms with Gasteiger partial charge in [0.25, 0.3) is 5.91 Å². The van der Waals surface area contributed by atoms with Crippen LogP contribution in [0.3, 0.4) is 0 Å². The van der Waals surface area contributed by atoms with Crippen molar-refractivity contribution in [2.75, 3.05) is 6.54 Å². The van der Waals surface area contributed by atoms with E-state index in [2.05, 4.69) is 15.5 Å². The standard InChI is InChI=1S/C19H22N6O4/c1-14-12-15(2)24(21-14)10-5-9-20-19(26)16-8-11-23(22-16)13-29-18-7-4-3-6-17(18)25(27)28/h3-4,6-8,11-12H,5,9-10,13H2,1-2H3,(H,20,26). The van der Waals surface area contributed by atoms with E-state index in [4.69, 9.17) is 4.74 Å². The number of rotatable bonds is 9. The van der Waals surface area contributed by atoms with E-state index >= 15 is 0 Å². The van der Waals surface area contributed by atoms with Crippen molar-refractivity contribution >= 4 is 11.6 Å². The summed E-state index contributed by atoms with van der Waals surface area (Å²) in [6, 6.07) is 9.67. The van der Waals surface area contributed by atoms with Crippen molar-refractivity contribution in [1.82, 2.24) is 24.9 Å². The lowest BCUT2D eigenvalue weighted by atomic mass is 10.3. The molecule has 0 unspecified atom stereocenters.